The molecule has 5 aromatic rings. The minimum atomic E-state index is -4.41. The van der Waals surface area contributed by atoms with Gasteiger partial charge in [0.15, 0.2) is 0 Å². The van der Waals surface area contributed by atoms with E-state index >= 15 is 0 Å². The predicted octanol–water partition coefficient (Wildman–Crippen LogP) is 5.45. The molecule has 0 fully saturated rings. The highest BCUT2D eigenvalue weighted by atomic mass is 19.4. The molecule has 0 atom stereocenters. The smallest absolute Gasteiger partial charge is 0.361 e. The highest BCUT2D eigenvalue weighted by molar-refractivity contribution is 5.83. The lowest BCUT2D eigenvalue weighted by molar-refractivity contribution is -0.137. The third kappa shape index (κ3) is 5.11. The molecule has 3 heterocycles. The summed E-state index contributed by atoms with van der Waals surface area (Å²) in [6, 6.07) is 9.84. The number of aromatic nitrogens is 6. The first-order valence-corrected chi connectivity index (χ1v) is 11.2. The molecule has 0 spiro atoms. The summed E-state index contributed by atoms with van der Waals surface area (Å²) < 4.78 is 55.1. The van der Waals surface area contributed by atoms with Crippen LogP contribution in [0.4, 0.5) is 17.6 Å². The minimum absolute atomic E-state index is 0.222. The fourth-order valence-corrected chi connectivity index (χ4v) is 4.26. The number of aromatic amines is 2. The van der Waals surface area contributed by atoms with Crippen molar-refractivity contribution in [1.29, 1.82) is 0 Å². The van der Waals surface area contributed by atoms with E-state index in [-0.39, 0.29) is 12.2 Å². The molecule has 0 aliphatic rings. The van der Waals surface area contributed by atoms with Gasteiger partial charge < -0.3 is 14.5 Å². The van der Waals surface area contributed by atoms with E-state index < -0.39 is 11.7 Å². The number of halogens is 4. The molecule has 35 heavy (non-hydrogen) atoms. The predicted molar refractivity (Wildman–Crippen MR) is 122 cm³/mol. The van der Waals surface area contributed by atoms with Gasteiger partial charge in [-0.05, 0) is 48.2 Å². The maximum absolute atomic E-state index is 13.6. The molecule has 5 rings (SSSR count). The number of imidazole rings is 1. The van der Waals surface area contributed by atoms with Gasteiger partial charge in [0.1, 0.15) is 17.5 Å². The van der Waals surface area contributed by atoms with Crippen molar-refractivity contribution in [3.8, 4) is 0 Å². The molecule has 2 N–H and O–H groups in total. The van der Waals surface area contributed by atoms with Gasteiger partial charge in [0.05, 0.1) is 11.9 Å². The van der Waals surface area contributed by atoms with Crippen molar-refractivity contribution in [2.45, 2.75) is 38.4 Å². The lowest BCUT2D eigenvalue weighted by atomic mass is 10.1. The molecular weight excluding hydrogens is 460 g/mol. The molecule has 0 amide bonds. The molecule has 0 radical (unpaired) electrons. The van der Waals surface area contributed by atoms with Crippen LogP contribution in [0.15, 0.2) is 61.2 Å². The van der Waals surface area contributed by atoms with E-state index in [1.807, 2.05) is 10.8 Å². The zero-order valence-corrected chi connectivity index (χ0v) is 18.6. The Morgan fingerprint density at radius 3 is 2.54 bits per heavy atom. The maximum atomic E-state index is 13.6. The van der Waals surface area contributed by atoms with Gasteiger partial charge in [-0.2, -0.15) is 13.2 Å². The number of fused-ring (bicyclic) bond motifs is 1. The minimum Gasteiger partial charge on any atom is -0.361 e. The summed E-state index contributed by atoms with van der Waals surface area (Å²) >= 11 is 0. The summed E-state index contributed by atoms with van der Waals surface area (Å²) in [5.41, 5.74) is 2.45. The number of hydrogen-bond donors (Lipinski definition) is 2. The first kappa shape index (κ1) is 22.8. The number of nitrogens with zero attached hydrogens (tertiary/aromatic N) is 4. The van der Waals surface area contributed by atoms with Gasteiger partial charge in [-0.3, -0.25) is 0 Å². The van der Waals surface area contributed by atoms with Crippen LogP contribution in [0.2, 0.25) is 0 Å². The average Bonchev–Trinajstić information content (AvgIpc) is 3.56. The molecular formula is C25H22F4N6. The fraction of sp³-hybridized carbons (Fsp3) is 0.240. The topological polar surface area (TPSA) is 75.2 Å². The molecule has 0 saturated carbocycles. The molecule has 6 nitrogen and oxygen atoms in total. The zero-order valence-electron chi connectivity index (χ0n) is 18.6. The number of H-pyrrole nitrogens is 2. The van der Waals surface area contributed by atoms with E-state index in [0.29, 0.717) is 35.7 Å². The Morgan fingerprint density at radius 1 is 0.943 bits per heavy atom. The summed E-state index contributed by atoms with van der Waals surface area (Å²) in [6.45, 7) is 0.590. The van der Waals surface area contributed by atoms with E-state index in [1.54, 1.807) is 24.7 Å². The zero-order chi connectivity index (χ0) is 24.4. The molecule has 0 unspecified atom stereocenters. The van der Waals surface area contributed by atoms with Crippen LogP contribution >= 0.6 is 0 Å². The molecule has 0 saturated heterocycles. The van der Waals surface area contributed by atoms with Crippen LogP contribution in [-0.4, -0.2) is 29.7 Å². The lowest BCUT2D eigenvalue weighted by Gasteiger charge is -2.12. The quantitative estimate of drug-likeness (QED) is 0.289. The lowest BCUT2D eigenvalue weighted by Crippen LogP contribution is -2.11. The van der Waals surface area contributed by atoms with Crippen LogP contribution < -0.4 is 0 Å². The largest absolute Gasteiger partial charge is 0.416 e. The second-order valence-electron chi connectivity index (χ2n) is 8.42. The fourth-order valence-electron chi connectivity index (χ4n) is 4.26. The van der Waals surface area contributed by atoms with Crippen molar-refractivity contribution >= 4 is 10.9 Å². The van der Waals surface area contributed by atoms with Gasteiger partial charge in [-0.1, -0.05) is 18.2 Å². The molecule has 0 bridgehead atoms. The molecule has 180 valence electrons. The number of alkyl halides is 3. The van der Waals surface area contributed by atoms with E-state index in [1.165, 1.54) is 18.2 Å². The molecule has 2 aromatic carbocycles. The van der Waals surface area contributed by atoms with Gasteiger partial charge in [0.25, 0.3) is 0 Å². The van der Waals surface area contributed by atoms with Crippen LogP contribution in [0.25, 0.3) is 10.9 Å². The Hall–Kier alpha value is -3.95. The number of nitrogens with one attached hydrogen (secondary N) is 2. The normalized spacial score (nSPS) is 12.0. The first-order chi connectivity index (χ1) is 16.9. The van der Waals surface area contributed by atoms with Gasteiger partial charge in [-0.25, -0.2) is 9.37 Å². The first-order valence-electron chi connectivity index (χ1n) is 11.2. The van der Waals surface area contributed by atoms with Crippen molar-refractivity contribution in [3.05, 3.63) is 101 Å². The van der Waals surface area contributed by atoms with Crippen LogP contribution in [0, 0.1) is 5.82 Å². The van der Waals surface area contributed by atoms with Gasteiger partial charge in [0, 0.05) is 48.4 Å². The standard InChI is InChI=1S/C25H22F4N6/c26-19-6-7-21-17(13-31-22(21)12-19)11-24-34-33-23(35(24)8-2-5-20-14-30-15-32-20)10-16-3-1-4-18(9-16)25(27,28)29/h1,3-4,6-7,9,12-15,31H,2,5,8,10-11H2,(H,30,32). The summed E-state index contributed by atoms with van der Waals surface area (Å²) in [5, 5.41) is 9.60. The van der Waals surface area contributed by atoms with E-state index in [9.17, 15) is 17.6 Å². The Bertz CT molecular complexity index is 1430. The second-order valence-corrected chi connectivity index (χ2v) is 8.42. The van der Waals surface area contributed by atoms with E-state index in [4.69, 9.17) is 0 Å². The Morgan fingerprint density at radius 2 is 1.77 bits per heavy atom. The summed E-state index contributed by atoms with van der Waals surface area (Å²) in [4.78, 5) is 10.2. The van der Waals surface area contributed by atoms with Crippen molar-refractivity contribution in [2.24, 2.45) is 0 Å². The summed E-state index contributed by atoms with van der Waals surface area (Å²) in [6.07, 6.45) is 2.99. The van der Waals surface area contributed by atoms with E-state index in [2.05, 4.69) is 25.1 Å². The van der Waals surface area contributed by atoms with Gasteiger partial charge in [0.2, 0.25) is 0 Å². The van der Waals surface area contributed by atoms with Crippen molar-refractivity contribution in [1.82, 2.24) is 29.7 Å². The SMILES string of the molecule is Fc1ccc2c(Cc3nnc(Cc4cccc(C(F)(F)F)c4)n3CCCc3cnc[nH]3)c[nH]c2c1. The van der Waals surface area contributed by atoms with Crippen LogP contribution in [0.1, 0.15) is 40.5 Å². The van der Waals surface area contributed by atoms with Crippen molar-refractivity contribution in [3.63, 3.8) is 0 Å². The molecule has 0 aliphatic carbocycles. The van der Waals surface area contributed by atoms with Crippen molar-refractivity contribution < 1.29 is 17.6 Å². The Labute approximate surface area is 198 Å². The monoisotopic (exact) mass is 482 g/mol. The van der Waals surface area contributed by atoms with Crippen LogP contribution in [0.5, 0.6) is 0 Å². The van der Waals surface area contributed by atoms with Gasteiger partial charge in [-0.15, -0.1) is 10.2 Å². The number of hydrogen-bond acceptors (Lipinski definition) is 3. The van der Waals surface area contributed by atoms with Crippen LogP contribution in [-0.2, 0) is 32.0 Å². The molecule has 0 aliphatic heterocycles. The summed E-state index contributed by atoms with van der Waals surface area (Å²) in [5.74, 6) is 0.966. The van der Waals surface area contributed by atoms with Crippen molar-refractivity contribution in [2.75, 3.05) is 0 Å². The summed E-state index contributed by atoms with van der Waals surface area (Å²) in [7, 11) is 0. The third-order valence-corrected chi connectivity index (χ3v) is 5.98. The highest BCUT2D eigenvalue weighted by Gasteiger charge is 2.30. The van der Waals surface area contributed by atoms with Crippen LogP contribution in [0.3, 0.4) is 0 Å². The highest BCUT2D eigenvalue weighted by Crippen LogP contribution is 2.30. The number of rotatable bonds is 8. The third-order valence-electron chi connectivity index (χ3n) is 5.98. The Balaban J connectivity index is 1.43. The number of aryl methyl sites for hydroxylation is 1. The average molecular weight is 482 g/mol. The molecule has 3 aromatic heterocycles. The van der Waals surface area contributed by atoms with E-state index in [0.717, 1.165) is 41.6 Å². The number of benzene rings is 2. The maximum Gasteiger partial charge on any atom is 0.416 e. The van der Waals surface area contributed by atoms with Gasteiger partial charge >= 0.3 is 6.18 Å². The molecule has 10 heteroatoms. The Kier molecular flexibility index (Phi) is 6.10. The second kappa shape index (κ2) is 9.36.